The topological polar surface area (TPSA) is 55.2 Å². The first-order chi connectivity index (χ1) is 5.46. The second kappa shape index (κ2) is 2.63. The van der Waals surface area contributed by atoms with Gasteiger partial charge in [0.15, 0.2) is 0 Å². The molecule has 0 amide bonds. The van der Waals surface area contributed by atoms with Gasteiger partial charge in [-0.05, 0) is 0 Å². The van der Waals surface area contributed by atoms with E-state index in [1.165, 1.54) is 26.5 Å². The number of aromatic nitrogens is 2. The van der Waals surface area contributed by atoms with Crippen molar-refractivity contribution in [3.63, 3.8) is 0 Å². The Labute approximate surface area is 66.9 Å². The van der Waals surface area contributed by atoms with Crippen LogP contribution < -0.4 is 0 Å². The molecule has 0 bridgehead atoms. The van der Waals surface area contributed by atoms with E-state index < -0.39 is 10.2 Å². The van der Waals surface area contributed by atoms with Gasteiger partial charge in [0.1, 0.15) is 7.67 Å². The lowest BCUT2D eigenvalue weighted by atomic mass is 11.0. The van der Waals surface area contributed by atoms with Gasteiger partial charge in [-0.2, -0.15) is 12.7 Å². The Hall–Kier alpha value is -0.880. The third kappa shape index (κ3) is 1.41. The van der Waals surface area contributed by atoms with E-state index in [1.54, 1.807) is 0 Å². The minimum Gasteiger partial charge on any atom is -0.244 e. The molecule has 11 heavy (non-hydrogen) atoms. The van der Waals surface area contributed by atoms with Crippen LogP contribution in [0.15, 0.2) is 18.7 Å². The molecular formula is C5H9N3O2S. The molecule has 0 aliphatic heterocycles. The average Bonchev–Trinajstić information content (AvgIpc) is 2.35. The fourth-order valence-corrected chi connectivity index (χ4v) is 1.23. The molecule has 0 fully saturated rings. The number of hydrogen-bond acceptors (Lipinski definition) is 3. The van der Waals surface area contributed by atoms with Crippen LogP contribution in [0.5, 0.6) is 0 Å². The van der Waals surface area contributed by atoms with Crippen LogP contribution in [0.2, 0.25) is 0 Å². The van der Waals surface area contributed by atoms with Crippen LogP contribution in [0.4, 0.5) is 0 Å². The summed E-state index contributed by atoms with van der Waals surface area (Å²) in [5.74, 6) is 0. The first-order valence-electron chi connectivity index (χ1n) is 3.39. The molecule has 1 heterocycles. The fraction of sp³-hybridized carbons (Fsp3) is 0.400. The molecule has 0 saturated heterocycles. The molecule has 0 aromatic carbocycles. The summed E-state index contributed by atoms with van der Waals surface area (Å²) in [6.07, 6.45) is 2.21. The Morgan fingerprint density at radius 2 is 2.27 bits per heavy atom. The molecule has 1 aromatic rings. The maximum Gasteiger partial charge on any atom is 0.308 e. The van der Waals surface area contributed by atoms with Crippen LogP contribution in [0.3, 0.4) is 0 Å². The maximum absolute atomic E-state index is 11.3. The second-order valence-corrected chi connectivity index (χ2v) is 4.13. The highest BCUT2D eigenvalue weighted by Gasteiger charge is 2.13. The van der Waals surface area contributed by atoms with Crippen molar-refractivity contribution in [1.82, 2.24) is 13.3 Å². The predicted octanol–water partition coefficient (Wildman–Crippen LogP) is -0.462. The van der Waals surface area contributed by atoms with E-state index in [0.717, 1.165) is 8.28 Å². The van der Waals surface area contributed by atoms with Gasteiger partial charge in [0, 0.05) is 26.5 Å². The van der Waals surface area contributed by atoms with Crippen LogP contribution in [0.1, 0.15) is 1.37 Å². The molecule has 1 rings (SSSR count). The summed E-state index contributed by atoms with van der Waals surface area (Å²) >= 11 is 0. The Bertz CT molecular complexity index is 370. The summed E-state index contributed by atoms with van der Waals surface area (Å²) in [5.41, 5.74) is 0. The summed E-state index contributed by atoms with van der Waals surface area (Å²) < 4.78 is 31.7. The third-order valence-corrected chi connectivity index (χ3v) is 2.77. The number of nitrogens with zero attached hydrogens (tertiary/aromatic N) is 3. The minimum absolute atomic E-state index is 0.288. The van der Waals surface area contributed by atoms with Crippen molar-refractivity contribution in [2.24, 2.45) is 0 Å². The molecule has 0 N–H and O–H groups in total. The van der Waals surface area contributed by atoms with Gasteiger partial charge in [-0.1, -0.05) is 0 Å². The van der Waals surface area contributed by atoms with Gasteiger partial charge >= 0.3 is 10.2 Å². The second-order valence-electron chi connectivity index (χ2n) is 2.11. The van der Waals surface area contributed by atoms with E-state index in [2.05, 4.69) is 4.98 Å². The van der Waals surface area contributed by atoms with Gasteiger partial charge in [-0.15, -0.1) is 0 Å². The third-order valence-electron chi connectivity index (χ3n) is 1.14. The van der Waals surface area contributed by atoms with Gasteiger partial charge in [0.25, 0.3) is 0 Å². The minimum atomic E-state index is -3.56. The van der Waals surface area contributed by atoms with Crippen molar-refractivity contribution in [2.75, 3.05) is 14.1 Å². The molecular weight excluding hydrogens is 166 g/mol. The van der Waals surface area contributed by atoms with Crippen molar-refractivity contribution in [1.29, 1.82) is 0 Å². The summed E-state index contributed by atoms with van der Waals surface area (Å²) in [5, 5.41) is 0. The van der Waals surface area contributed by atoms with Crippen LogP contribution in [-0.2, 0) is 10.2 Å². The summed E-state index contributed by atoms with van der Waals surface area (Å²) in [6.45, 7) is 0. The Morgan fingerprint density at radius 3 is 2.64 bits per heavy atom. The predicted molar refractivity (Wildman–Crippen MR) is 40.2 cm³/mol. The lowest BCUT2D eigenvalue weighted by molar-refractivity contribution is 0.510. The van der Waals surface area contributed by atoms with E-state index in [1.807, 2.05) is 0 Å². The molecule has 0 aliphatic rings. The molecule has 0 unspecified atom stereocenters. The molecule has 5 nitrogen and oxygen atoms in total. The lowest BCUT2D eigenvalue weighted by Gasteiger charge is -2.10. The normalized spacial score (nSPS) is 13.5. The van der Waals surface area contributed by atoms with Crippen molar-refractivity contribution in [2.45, 2.75) is 0 Å². The average molecular weight is 176 g/mol. The standard InChI is InChI=1S/C5H9N3O2S/c1-7(2)11(9,10)8-4-3-6-5-8/h3-5H,1-2H3/i5D. The monoisotopic (exact) mass is 176 g/mol. The highest BCUT2D eigenvalue weighted by molar-refractivity contribution is 7.87. The largest absolute Gasteiger partial charge is 0.308 e. The number of hydrogen-bond donors (Lipinski definition) is 0. The lowest BCUT2D eigenvalue weighted by Crippen LogP contribution is -2.27. The van der Waals surface area contributed by atoms with Crippen LogP contribution in [0, 0.1) is 0 Å². The number of rotatable bonds is 2. The van der Waals surface area contributed by atoms with Crippen LogP contribution in [0.25, 0.3) is 0 Å². The number of imidazole rings is 1. The van der Waals surface area contributed by atoms with Gasteiger partial charge in [0.05, 0.1) is 0 Å². The van der Waals surface area contributed by atoms with Gasteiger partial charge in [-0.25, -0.2) is 8.96 Å². The van der Waals surface area contributed by atoms with E-state index >= 15 is 0 Å². The first kappa shape index (κ1) is 6.81. The molecule has 0 spiro atoms. The van der Waals surface area contributed by atoms with E-state index in [-0.39, 0.29) is 6.30 Å². The molecule has 6 heteroatoms. The molecule has 0 atom stereocenters. The summed E-state index contributed by atoms with van der Waals surface area (Å²) in [4.78, 5) is 3.49. The van der Waals surface area contributed by atoms with Crippen LogP contribution in [-0.4, -0.2) is 35.8 Å². The van der Waals surface area contributed by atoms with Crippen molar-refractivity contribution in [3.05, 3.63) is 18.7 Å². The Kier molecular flexibility index (Phi) is 1.63. The molecule has 0 radical (unpaired) electrons. The molecule has 62 valence electrons. The maximum atomic E-state index is 11.3. The van der Waals surface area contributed by atoms with E-state index in [4.69, 9.17) is 1.37 Å². The zero-order valence-electron chi connectivity index (χ0n) is 7.22. The molecule has 1 aromatic heterocycles. The van der Waals surface area contributed by atoms with Gasteiger partial charge in [-0.3, -0.25) is 0 Å². The highest BCUT2D eigenvalue weighted by atomic mass is 32.2. The summed E-state index contributed by atoms with van der Waals surface area (Å²) in [7, 11) is -0.769. The SMILES string of the molecule is [2H]c1nccn1S(=O)(=O)N(C)C. The van der Waals surface area contributed by atoms with Crippen molar-refractivity contribution < 1.29 is 9.79 Å². The van der Waals surface area contributed by atoms with Crippen LogP contribution >= 0.6 is 0 Å². The zero-order valence-corrected chi connectivity index (χ0v) is 7.04. The quantitative estimate of drug-likeness (QED) is 0.612. The highest BCUT2D eigenvalue weighted by Crippen LogP contribution is 1.98. The Morgan fingerprint density at radius 1 is 1.64 bits per heavy atom. The van der Waals surface area contributed by atoms with E-state index in [0.29, 0.717) is 0 Å². The summed E-state index contributed by atoms with van der Waals surface area (Å²) in [6, 6.07) is 0. The van der Waals surface area contributed by atoms with Crippen molar-refractivity contribution in [3.8, 4) is 0 Å². The smallest absolute Gasteiger partial charge is 0.244 e. The molecule has 0 saturated carbocycles. The zero-order chi connectivity index (χ0) is 9.35. The Balaban J connectivity index is 3.24. The van der Waals surface area contributed by atoms with Gasteiger partial charge < -0.3 is 0 Å². The fourth-order valence-electron chi connectivity index (χ4n) is 0.522. The van der Waals surface area contributed by atoms with E-state index in [9.17, 15) is 8.42 Å². The van der Waals surface area contributed by atoms with Gasteiger partial charge in [0.2, 0.25) is 0 Å². The first-order valence-corrected chi connectivity index (χ1v) is 4.29. The molecule has 0 aliphatic carbocycles. The van der Waals surface area contributed by atoms with Crippen molar-refractivity contribution >= 4 is 10.2 Å².